The van der Waals surface area contributed by atoms with Crippen LogP contribution in [0.5, 0.6) is 0 Å². The number of para-hydroxylation sites is 1. The first kappa shape index (κ1) is 22.3. The first-order valence-corrected chi connectivity index (χ1v) is 10.1. The SMILES string of the molecule is Cl.O=c1[nH]cc(Cl)c2c1c(-c1ccc(N3CCOCC3)cc1)nn2-c1c(F)cccc1F. The van der Waals surface area contributed by atoms with E-state index in [9.17, 15) is 13.6 Å². The summed E-state index contributed by atoms with van der Waals surface area (Å²) in [5.74, 6) is -1.62. The van der Waals surface area contributed by atoms with E-state index < -0.39 is 22.9 Å². The van der Waals surface area contributed by atoms with Gasteiger partial charge in [0.15, 0.2) is 11.6 Å². The number of benzene rings is 2. The maximum atomic E-state index is 14.5. The van der Waals surface area contributed by atoms with Gasteiger partial charge in [-0.25, -0.2) is 13.5 Å². The predicted molar refractivity (Wildman–Crippen MR) is 122 cm³/mol. The third kappa shape index (κ3) is 3.74. The lowest BCUT2D eigenvalue weighted by molar-refractivity contribution is 0.122. The van der Waals surface area contributed by atoms with Gasteiger partial charge in [-0.2, -0.15) is 5.10 Å². The van der Waals surface area contributed by atoms with Crippen LogP contribution in [0, 0.1) is 11.6 Å². The van der Waals surface area contributed by atoms with Gasteiger partial charge >= 0.3 is 0 Å². The van der Waals surface area contributed by atoms with Crippen LogP contribution in [0.15, 0.2) is 53.5 Å². The number of hydrogen-bond donors (Lipinski definition) is 1. The van der Waals surface area contributed by atoms with E-state index in [-0.39, 0.29) is 34.0 Å². The van der Waals surface area contributed by atoms with Crippen molar-refractivity contribution in [3.05, 3.63) is 75.7 Å². The first-order chi connectivity index (χ1) is 15.0. The molecule has 0 unspecified atom stereocenters. The van der Waals surface area contributed by atoms with Gasteiger partial charge in [-0.15, -0.1) is 12.4 Å². The van der Waals surface area contributed by atoms with Crippen LogP contribution in [0.3, 0.4) is 0 Å². The van der Waals surface area contributed by atoms with E-state index in [2.05, 4.69) is 15.0 Å². The van der Waals surface area contributed by atoms with Gasteiger partial charge in [0.1, 0.15) is 16.9 Å². The maximum absolute atomic E-state index is 14.5. The molecule has 1 fully saturated rings. The Labute approximate surface area is 192 Å². The quantitative estimate of drug-likeness (QED) is 0.468. The second-order valence-electron chi connectivity index (χ2n) is 7.17. The Morgan fingerprint density at radius 1 is 1.03 bits per heavy atom. The summed E-state index contributed by atoms with van der Waals surface area (Å²) in [5.41, 5.74) is 1.23. The van der Waals surface area contributed by atoms with E-state index in [0.29, 0.717) is 18.8 Å². The highest BCUT2D eigenvalue weighted by Gasteiger charge is 2.23. The summed E-state index contributed by atoms with van der Waals surface area (Å²) in [6, 6.07) is 11.0. The zero-order valence-corrected chi connectivity index (χ0v) is 18.2. The first-order valence-electron chi connectivity index (χ1n) is 9.72. The lowest BCUT2D eigenvalue weighted by Crippen LogP contribution is -2.36. The minimum Gasteiger partial charge on any atom is -0.378 e. The van der Waals surface area contributed by atoms with Crippen LogP contribution in [0.2, 0.25) is 5.02 Å². The standard InChI is InChI=1S/C22H17ClF2N4O2.ClH/c23-15-12-26-22(30)18-19(13-4-6-14(7-5-13)28-8-10-31-11-9-28)27-29(20(15)18)21-16(24)2-1-3-17(21)25;/h1-7,12H,8-11H2,(H,26,30);1H. The molecule has 1 N–H and O–H groups in total. The summed E-state index contributed by atoms with van der Waals surface area (Å²) < 4.78 is 35.5. The number of nitrogens with one attached hydrogen (secondary N) is 1. The van der Waals surface area contributed by atoms with Crippen LogP contribution < -0.4 is 10.5 Å². The fourth-order valence-electron chi connectivity index (χ4n) is 3.83. The van der Waals surface area contributed by atoms with Crippen LogP contribution in [0.1, 0.15) is 0 Å². The highest BCUT2D eigenvalue weighted by Crippen LogP contribution is 2.33. The number of ether oxygens (including phenoxy) is 1. The monoisotopic (exact) mass is 478 g/mol. The Bertz CT molecular complexity index is 1310. The molecule has 0 saturated carbocycles. The molecule has 32 heavy (non-hydrogen) atoms. The highest BCUT2D eigenvalue weighted by atomic mass is 35.5. The average Bonchev–Trinajstić information content (AvgIpc) is 3.18. The second kappa shape index (κ2) is 8.90. The van der Waals surface area contributed by atoms with Crippen molar-refractivity contribution < 1.29 is 13.5 Å². The number of hydrogen-bond acceptors (Lipinski definition) is 4. The molecular formula is C22H18Cl2F2N4O2. The number of nitrogens with zero attached hydrogens (tertiary/aromatic N) is 3. The predicted octanol–water partition coefficient (Wildman–Crippen LogP) is 4.57. The van der Waals surface area contributed by atoms with E-state index in [1.807, 2.05) is 24.3 Å². The van der Waals surface area contributed by atoms with Crippen LogP contribution >= 0.6 is 24.0 Å². The molecule has 0 amide bonds. The lowest BCUT2D eigenvalue weighted by Gasteiger charge is -2.28. The molecule has 166 valence electrons. The third-order valence-electron chi connectivity index (χ3n) is 5.34. The van der Waals surface area contributed by atoms with Crippen molar-refractivity contribution in [1.82, 2.24) is 14.8 Å². The Balaban J connectivity index is 0.00000245. The largest absolute Gasteiger partial charge is 0.378 e. The number of aromatic amines is 1. The fourth-order valence-corrected chi connectivity index (χ4v) is 4.06. The second-order valence-corrected chi connectivity index (χ2v) is 7.57. The molecule has 1 saturated heterocycles. The number of fused-ring (bicyclic) bond motifs is 1. The van der Waals surface area contributed by atoms with Crippen molar-refractivity contribution in [2.24, 2.45) is 0 Å². The molecule has 10 heteroatoms. The zero-order valence-electron chi connectivity index (χ0n) is 16.6. The van der Waals surface area contributed by atoms with Gasteiger partial charge in [-0.1, -0.05) is 29.8 Å². The Morgan fingerprint density at radius 2 is 1.69 bits per heavy atom. The molecule has 6 nitrogen and oxygen atoms in total. The third-order valence-corrected chi connectivity index (χ3v) is 5.62. The number of anilines is 1. The van der Waals surface area contributed by atoms with Crippen molar-refractivity contribution in [2.45, 2.75) is 0 Å². The molecular weight excluding hydrogens is 461 g/mol. The van der Waals surface area contributed by atoms with Gasteiger partial charge in [0.2, 0.25) is 0 Å². The fraction of sp³-hybridized carbons (Fsp3) is 0.182. The van der Waals surface area contributed by atoms with E-state index >= 15 is 0 Å². The molecule has 2 aromatic carbocycles. The van der Waals surface area contributed by atoms with Gasteiger partial charge in [0, 0.05) is 30.5 Å². The van der Waals surface area contributed by atoms with E-state index in [1.165, 1.54) is 12.3 Å². The van der Waals surface area contributed by atoms with Gasteiger partial charge in [0.05, 0.1) is 23.6 Å². The summed E-state index contributed by atoms with van der Waals surface area (Å²) in [6.07, 6.45) is 1.29. The Kier molecular flexibility index (Phi) is 6.19. The summed E-state index contributed by atoms with van der Waals surface area (Å²) in [6.45, 7) is 2.91. The minimum absolute atomic E-state index is 0. The van der Waals surface area contributed by atoms with Crippen molar-refractivity contribution in [1.29, 1.82) is 0 Å². The number of H-pyrrole nitrogens is 1. The molecule has 2 aromatic heterocycles. The molecule has 4 aromatic rings. The molecule has 0 aliphatic carbocycles. The summed E-state index contributed by atoms with van der Waals surface area (Å²) in [7, 11) is 0. The van der Waals surface area contributed by atoms with Crippen molar-refractivity contribution in [2.75, 3.05) is 31.2 Å². The zero-order chi connectivity index (χ0) is 21.5. The summed E-state index contributed by atoms with van der Waals surface area (Å²) in [4.78, 5) is 17.4. The van der Waals surface area contributed by atoms with E-state index in [4.69, 9.17) is 16.3 Å². The van der Waals surface area contributed by atoms with Gasteiger partial charge < -0.3 is 14.6 Å². The molecule has 0 bridgehead atoms. The van der Waals surface area contributed by atoms with Crippen LogP contribution in [0.25, 0.3) is 27.8 Å². The molecule has 5 rings (SSSR count). The molecule has 0 radical (unpaired) electrons. The maximum Gasteiger partial charge on any atom is 0.259 e. The van der Waals surface area contributed by atoms with Crippen molar-refractivity contribution in [3.63, 3.8) is 0 Å². The smallest absolute Gasteiger partial charge is 0.259 e. The molecule has 3 heterocycles. The summed E-state index contributed by atoms with van der Waals surface area (Å²) >= 11 is 6.32. The lowest BCUT2D eigenvalue weighted by atomic mass is 10.1. The Hall–Kier alpha value is -2.94. The average molecular weight is 479 g/mol. The van der Waals surface area contributed by atoms with Crippen LogP contribution in [0.4, 0.5) is 14.5 Å². The molecule has 0 spiro atoms. The van der Waals surface area contributed by atoms with Crippen LogP contribution in [-0.2, 0) is 4.74 Å². The number of aromatic nitrogens is 3. The minimum atomic E-state index is -0.810. The Morgan fingerprint density at radius 3 is 2.34 bits per heavy atom. The van der Waals surface area contributed by atoms with Crippen LogP contribution in [-0.4, -0.2) is 41.1 Å². The van der Waals surface area contributed by atoms with E-state index in [0.717, 1.165) is 35.6 Å². The number of halogens is 4. The number of pyridine rings is 1. The van der Waals surface area contributed by atoms with Gasteiger partial charge in [0.25, 0.3) is 5.56 Å². The van der Waals surface area contributed by atoms with Crippen molar-refractivity contribution >= 4 is 40.6 Å². The van der Waals surface area contributed by atoms with Gasteiger partial charge in [-0.05, 0) is 24.3 Å². The molecule has 0 atom stereocenters. The van der Waals surface area contributed by atoms with Crippen molar-refractivity contribution in [3.8, 4) is 16.9 Å². The summed E-state index contributed by atoms with van der Waals surface area (Å²) in [5, 5.41) is 4.70. The van der Waals surface area contributed by atoms with E-state index in [1.54, 1.807) is 0 Å². The normalized spacial score (nSPS) is 13.9. The number of morpholine rings is 1. The highest BCUT2D eigenvalue weighted by molar-refractivity contribution is 6.35. The topological polar surface area (TPSA) is 63.1 Å². The molecule has 1 aliphatic rings. The molecule has 1 aliphatic heterocycles. The number of rotatable bonds is 3. The van der Waals surface area contributed by atoms with Gasteiger partial charge in [-0.3, -0.25) is 4.79 Å².